The summed E-state index contributed by atoms with van der Waals surface area (Å²) < 4.78 is 0. The highest BCUT2D eigenvalue weighted by Gasteiger charge is 2.40. The van der Waals surface area contributed by atoms with Gasteiger partial charge in [0.1, 0.15) is 0 Å². The molecule has 1 amide bonds. The third-order valence-electron chi connectivity index (χ3n) is 5.39. The minimum absolute atomic E-state index is 0.0556. The van der Waals surface area contributed by atoms with Gasteiger partial charge in [-0.2, -0.15) is 0 Å². The molecule has 1 aliphatic rings. The Bertz CT molecular complexity index is 367. The van der Waals surface area contributed by atoms with Gasteiger partial charge in [-0.25, -0.2) is 0 Å². The first-order valence-corrected chi connectivity index (χ1v) is 7.75. The number of carbonyl (C=O) groups is 2. The van der Waals surface area contributed by atoms with Crippen molar-refractivity contribution in [3.63, 3.8) is 0 Å². The number of aliphatic carboxylic acids is 1. The molecule has 1 rings (SSSR count). The van der Waals surface area contributed by atoms with Gasteiger partial charge in [-0.05, 0) is 37.5 Å². The van der Waals surface area contributed by atoms with Gasteiger partial charge < -0.3 is 10.4 Å². The Kier molecular flexibility index (Phi) is 5.60. The SMILES string of the molecule is CCC1CCC(NC(=O)CC(C)(C(=O)O)C(C)C)C1C. The normalized spacial score (nSPS) is 29.2. The van der Waals surface area contributed by atoms with Crippen LogP contribution in [-0.2, 0) is 9.59 Å². The van der Waals surface area contributed by atoms with Gasteiger partial charge in [0.15, 0.2) is 0 Å². The van der Waals surface area contributed by atoms with Crippen LogP contribution in [0.4, 0.5) is 0 Å². The van der Waals surface area contributed by atoms with Crippen molar-refractivity contribution in [3.05, 3.63) is 0 Å². The van der Waals surface area contributed by atoms with Crippen molar-refractivity contribution in [1.82, 2.24) is 5.32 Å². The van der Waals surface area contributed by atoms with Crippen molar-refractivity contribution < 1.29 is 14.7 Å². The van der Waals surface area contributed by atoms with Gasteiger partial charge in [-0.1, -0.05) is 34.1 Å². The lowest BCUT2D eigenvalue weighted by Crippen LogP contribution is -2.43. The van der Waals surface area contributed by atoms with Gasteiger partial charge in [0.05, 0.1) is 5.41 Å². The third kappa shape index (κ3) is 3.53. The number of carboxylic acid groups (broad SMARTS) is 1. The summed E-state index contributed by atoms with van der Waals surface area (Å²) in [7, 11) is 0. The van der Waals surface area contributed by atoms with E-state index in [1.165, 1.54) is 0 Å². The summed E-state index contributed by atoms with van der Waals surface area (Å²) in [6.07, 6.45) is 3.37. The van der Waals surface area contributed by atoms with E-state index in [-0.39, 0.29) is 24.3 Å². The number of nitrogens with one attached hydrogen (secondary N) is 1. The van der Waals surface area contributed by atoms with E-state index < -0.39 is 11.4 Å². The van der Waals surface area contributed by atoms with Crippen LogP contribution in [0.3, 0.4) is 0 Å². The topological polar surface area (TPSA) is 66.4 Å². The standard InChI is InChI=1S/C16H29NO3/c1-6-12-7-8-13(11(12)4)17-14(18)9-16(5,10(2)3)15(19)20/h10-13H,6-9H2,1-5H3,(H,17,18)(H,19,20). The van der Waals surface area contributed by atoms with E-state index in [0.29, 0.717) is 11.8 Å². The Morgan fingerprint density at radius 1 is 1.35 bits per heavy atom. The highest BCUT2D eigenvalue weighted by Crippen LogP contribution is 2.35. The second-order valence-corrected chi connectivity index (χ2v) is 6.83. The Morgan fingerprint density at radius 2 is 1.95 bits per heavy atom. The summed E-state index contributed by atoms with van der Waals surface area (Å²) in [5.74, 6) is 0.0660. The van der Waals surface area contributed by atoms with E-state index >= 15 is 0 Å². The van der Waals surface area contributed by atoms with Crippen molar-refractivity contribution in [2.75, 3.05) is 0 Å². The number of amides is 1. The molecule has 4 heteroatoms. The second-order valence-electron chi connectivity index (χ2n) is 6.83. The molecule has 4 nitrogen and oxygen atoms in total. The van der Waals surface area contributed by atoms with Gasteiger partial charge >= 0.3 is 5.97 Å². The molecule has 1 aliphatic carbocycles. The lowest BCUT2D eigenvalue weighted by atomic mass is 9.76. The molecule has 116 valence electrons. The summed E-state index contributed by atoms with van der Waals surface area (Å²) in [4.78, 5) is 23.6. The first-order valence-electron chi connectivity index (χ1n) is 7.75. The fourth-order valence-electron chi connectivity index (χ4n) is 3.15. The van der Waals surface area contributed by atoms with Crippen LogP contribution in [0.1, 0.15) is 60.3 Å². The monoisotopic (exact) mass is 283 g/mol. The number of hydrogen-bond acceptors (Lipinski definition) is 2. The molecule has 0 aliphatic heterocycles. The van der Waals surface area contributed by atoms with Crippen molar-refractivity contribution in [3.8, 4) is 0 Å². The van der Waals surface area contributed by atoms with E-state index in [9.17, 15) is 14.7 Å². The average Bonchev–Trinajstić information content (AvgIpc) is 2.69. The summed E-state index contributed by atoms with van der Waals surface area (Å²) in [6, 6.07) is 0.206. The molecule has 0 aromatic carbocycles. The predicted molar refractivity (Wildman–Crippen MR) is 79.3 cm³/mol. The van der Waals surface area contributed by atoms with Crippen LogP contribution in [0.25, 0.3) is 0 Å². The minimum atomic E-state index is -0.990. The number of rotatable bonds is 6. The molecule has 2 N–H and O–H groups in total. The van der Waals surface area contributed by atoms with Gasteiger partial charge in [0.2, 0.25) is 5.91 Å². The lowest BCUT2D eigenvalue weighted by Gasteiger charge is -2.29. The molecule has 0 heterocycles. The molecule has 20 heavy (non-hydrogen) atoms. The second kappa shape index (κ2) is 6.59. The van der Waals surface area contributed by atoms with Crippen LogP contribution in [0.5, 0.6) is 0 Å². The van der Waals surface area contributed by atoms with Crippen molar-refractivity contribution >= 4 is 11.9 Å². The number of hydrogen-bond donors (Lipinski definition) is 2. The molecule has 0 bridgehead atoms. The van der Waals surface area contributed by atoms with Crippen LogP contribution < -0.4 is 5.32 Å². The highest BCUT2D eigenvalue weighted by atomic mass is 16.4. The average molecular weight is 283 g/mol. The molecule has 0 aromatic rings. The molecule has 0 saturated heterocycles. The fourth-order valence-corrected chi connectivity index (χ4v) is 3.15. The Hall–Kier alpha value is -1.06. The zero-order valence-electron chi connectivity index (χ0n) is 13.4. The largest absolute Gasteiger partial charge is 0.481 e. The maximum atomic E-state index is 12.2. The summed E-state index contributed by atoms with van der Waals surface area (Å²) in [5, 5.41) is 12.4. The highest BCUT2D eigenvalue weighted by molar-refractivity contribution is 5.85. The molecule has 1 saturated carbocycles. The van der Waals surface area contributed by atoms with Crippen LogP contribution in [-0.4, -0.2) is 23.0 Å². The maximum absolute atomic E-state index is 12.2. The van der Waals surface area contributed by atoms with Crippen LogP contribution in [0.15, 0.2) is 0 Å². The zero-order chi connectivity index (χ0) is 15.5. The van der Waals surface area contributed by atoms with E-state index in [1.807, 2.05) is 13.8 Å². The Balaban J connectivity index is 2.62. The number of carbonyl (C=O) groups excluding carboxylic acids is 1. The lowest BCUT2D eigenvalue weighted by molar-refractivity contribution is -0.153. The van der Waals surface area contributed by atoms with Gasteiger partial charge in [0.25, 0.3) is 0 Å². The van der Waals surface area contributed by atoms with E-state index in [4.69, 9.17) is 0 Å². The van der Waals surface area contributed by atoms with E-state index in [0.717, 1.165) is 19.3 Å². The van der Waals surface area contributed by atoms with Crippen molar-refractivity contribution in [2.24, 2.45) is 23.2 Å². The zero-order valence-corrected chi connectivity index (χ0v) is 13.4. The van der Waals surface area contributed by atoms with Crippen molar-refractivity contribution in [2.45, 2.75) is 66.3 Å². The molecule has 1 fully saturated rings. The first kappa shape index (κ1) is 17.0. The molecular formula is C16H29NO3. The first-order chi connectivity index (χ1) is 9.22. The van der Waals surface area contributed by atoms with E-state index in [2.05, 4.69) is 19.2 Å². The molecule has 0 aromatic heterocycles. The van der Waals surface area contributed by atoms with E-state index in [1.54, 1.807) is 6.92 Å². The molecular weight excluding hydrogens is 254 g/mol. The summed E-state index contributed by atoms with van der Waals surface area (Å²) in [5.41, 5.74) is -0.990. The van der Waals surface area contributed by atoms with Crippen LogP contribution in [0.2, 0.25) is 0 Å². The smallest absolute Gasteiger partial charge is 0.310 e. The van der Waals surface area contributed by atoms with Crippen LogP contribution >= 0.6 is 0 Å². The molecule has 4 atom stereocenters. The predicted octanol–water partition coefficient (Wildman–Crippen LogP) is 3.06. The summed E-state index contributed by atoms with van der Waals surface area (Å²) >= 11 is 0. The summed E-state index contributed by atoms with van der Waals surface area (Å²) in [6.45, 7) is 9.74. The Morgan fingerprint density at radius 3 is 2.35 bits per heavy atom. The third-order valence-corrected chi connectivity index (χ3v) is 5.39. The van der Waals surface area contributed by atoms with Gasteiger partial charge in [0, 0.05) is 12.5 Å². The van der Waals surface area contributed by atoms with Crippen LogP contribution in [0, 0.1) is 23.2 Å². The Labute approximate surface area is 122 Å². The number of carboxylic acids is 1. The molecule has 4 unspecified atom stereocenters. The molecule has 0 radical (unpaired) electrons. The van der Waals surface area contributed by atoms with Gasteiger partial charge in [-0.15, -0.1) is 0 Å². The van der Waals surface area contributed by atoms with Gasteiger partial charge in [-0.3, -0.25) is 9.59 Å². The quantitative estimate of drug-likeness (QED) is 0.787. The maximum Gasteiger partial charge on any atom is 0.310 e. The fraction of sp³-hybridized carbons (Fsp3) is 0.875. The molecule has 0 spiro atoms. The van der Waals surface area contributed by atoms with Crippen molar-refractivity contribution in [1.29, 1.82) is 0 Å². The minimum Gasteiger partial charge on any atom is -0.481 e.